The second-order valence-electron chi connectivity index (χ2n) is 7.13. The molecule has 24 heavy (non-hydrogen) atoms. The van der Waals surface area contributed by atoms with Crippen molar-refractivity contribution in [3.63, 3.8) is 0 Å². The van der Waals surface area contributed by atoms with E-state index in [9.17, 15) is 19.2 Å². The smallest absolute Gasteiger partial charge is 0.414 e. The van der Waals surface area contributed by atoms with Crippen molar-refractivity contribution < 1.29 is 33.8 Å². The van der Waals surface area contributed by atoms with Crippen molar-refractivity contribution in [2.75, 3.05) is 0 Å². The lowest BCUT2D eigenvalue weighted by molar-refractivity contribution is -0.139. The van der Waals surface area contributed by atoms with Gasteiger partial charge in [0.25, 0.3) is 0 Å². The van der Waals surface area contributed by atoms with Gasteiger partial charge in [0.2, 0.25) is 5.91 Å². The third-order valence-electron chi connectivity index (χ3n) is 2.29. The molecule has 1 atom stereocenters. The Hall–Kier alpha value is -2.32. The molecule has 3 N–H and O–H groups in total. The molecule has 0 aliphatic carbocycles. The van der Waals surface area contributed by atoms with Gasteiger partial charge in [-0.2, -0.15) is 0 Å². The number of imide groups is 1. The van der Waals surface area contributed by atoms with E-state index in [2.05, 4.69) is 5.32 Å². The Morgan fingerprint density at radius 1 is 0.917 bits per heavy atom. The minimum Gasteiger partial charge on any atom is -0.480 e. The normalized spacial score (nSPS) is 12.8. The number of carbonyl (C=O) groups is 4. The molecule has 3 amide bonds. The Morgan fingerprint density at radius 2 is 1.38 bits per heavy atom. The maximum Gasteiger partial charge on any atom is 0.414 e. The van der Waals surface area contributed by atoms with E-state index in [1.807, 2.05) is 5.32 Å². The van der Waals surface area contributed by atoms with Crippen LogP contribution in [0.15, 0.2) is 0 Å². The van der Waals surface area contributed by atoms with Crippen molar-refractivity contribution in [1.29, 1.82) is 0 Å². The fourth-order valence-corrected chi connectivity index (χ4v) is 1.46. The SMILES string of the molecule is CC(C)(C)OC(=O)NC(=O)CC[C@H](NC(=O)OC(C)(C)C)C(=O)O. The van der Waals surface area contributed by atoms with Crippen LogP contribution in [0, 0.1) is 0 Å². The third kappa shape index (κ3) is 11.3. The van der Waals surface area contributed by atoms with Crippen LogP contribution in [-0.4, -0.2) is 46.4 Å². The molecule has 9 nitrogen and oxygen atoms in total. The monoisotopic (exact) mass is 346 g/mol. The van der Waals surface area contributed by atoms with E-state index in [1.54, 1.807) is 41.5 Å². The van der Waals surface area contributed by atoms with Gasteiger partial charge in [0, 0.05) is 6.42 Å². The van der Waals surface area contributed by atoms with Crippen LogP contribution in [0.5, 0.6) is 0 Å². The topological polar surface area (TPSA) is 131 Å². The molecule has 0 spiro atoms. The van der Waals surface area contributed by atoms with Crippen molar-refractivity contribution in [3.8, 4) is 0 Å². The average Bonchev–Trinajstić information content (AvgIpc) is 2.28. The van der Waals surface area contributed by atoms with E-state index in [0.29, 0.717) is 0 Å². The quantitative estimate of drug-likeness (QED) is 0.691. The van der Waals surface area contributed by atoms with Crippen molar-refractivity contribution >= 4 is 24.1 Å². The highest BCUT2D eigenvalue weighted by Crippen LogP contribution is 2.08. The Balaban J connectivity index is 4.44. The van der Waals surface area contributed by atoms with Gasteiger partial charge in [-0.05, 0) is 48.0 Å². The highest BCUT2D eigenvalue weighted by atomic mass is 16.6. The number of carboxylic acids is 1. The van der Waals surface area contributed by atoms with Crippen molar-refractivity contribution in [2.45, 2.75) is 71.6 Å². The first-order valence-electron chi connectivity index (χ1n) is 7.45. The highest BCUT2D eigenvalue weighted by Gasteiger charge is 2.25. The molecule has 0 fully saturated rings. The zero-order valence-electron chi connectivity index (χ0n) is 14.9. The summed E-state index contributed by atoms with van der Waals surface area (Å²) >= 11 is 0. The van der Waals surface area contributed by atoms with Crippen LogP contribution in [-0.2, 0) is 19.1 Å². The summed E-state index contributed by atoms with van der Waals surface area (Å²) in [5, 5.41) is 13.2. The predicted octanol–water partition coefficient (Wildman–Crippen LogP) is 1.80. The number of hydrogen-bond donors (Lipinski definition) is 3. The molecule has 0 aliphatic rings. The molecule has 0 aromatic rings. The van der Waals surface area contributed by atoms with Crippen LogP contribution in [0.25, 0.3) is 0 Å². The third-order valence-corrected chi connectivity index (χ3v) is 2.29. The van der Waals surface area contributed by atoms with Crippen molar-refractivity contribution in [2.24, 2.45) is 0 Å². The fourth-order valence-electron chi connectivity index (χ4n) is 1.46. The zero-order chi connectivity index (χ0) is 19.1. The molecule has 9 heteroatoms. The molecule has 138 valence electrons. The van der Waals surface area contributed by atoms with Crippen LogP contribution >= 0.6 is 0 Å². The van der Waals surface area contributed by atoms with Crippen LogP contribution in [0.4, 0.5) is 9.59 Å². The predicted molar refractivity (Wildman–Crippen MR) is 84.4 cm³/mol. The lowest BCUT2D eigenvalue weighted by Crippen LogP contribution is -2.44. The summed E-state index contributed by atoms with van der Waals surface area (Å²) in [5.74, 6) is -2.02. The van der Waals surface area contributed by atoms with Gasteiger partial charge in [0.15, 0.2) is 0 Å². The molecule has 0 saturated heterocycles. The second kappa shape index (κ2) is 8.51. The van der Waals surface area contributed by atoms with Crippen LogP contribution in [0.2, 0.25) is 0 Å². The highest BCUT2D eigenvalue weighted by molar-refractivity contribution is 5.92. The Labute approximate surface area is 141 Å². The number of amides is 3. The molecule has 0 rings (SSSR count). The first-order valence-corrected chi connectivity index (χ1v) is 7.45. The molecule has 0 aliphatic heterocycles. The summed E-state index contributed by atoms with van der Waals surface area (Å²) in [7, 11) is 0. The second-order valence-corrected chi connectivity index (χ2v) is 7.13. The number of carbonyl (C=O) groups excluding carboxylic acids is 3. The van der Waals surface area contributed by atoms with Crippen molar-refractivity contribution in [1.82, 2.24) is 10.6 Å². The summed E-state index contributed by atoms with van der Waals surface area (Å²) in [6.45, 7) is 9.83. The number of aliphatic carboxylic acids is 1. The van der Waals surface area contributed by atoms with Gasteiger partial charge in [-0.25, -0.2) is 14.4 Å². The van der Waals surface area contributed by atoms with Gasteiger partial charge in [-0.1, -0.05) is 0 Å². The van der Waals surface area contributed by atoms with E-state index in [1.165, 1.54) is 0 Å². The molecule has 0 bridgehead atoms. The van der Waals surface area contributed by atoms with Crippen LogP contribution < -0.4 is 10.6 Å². The summed E-state index contributed by atoms with van der Waals surface area (Å²) < 4.78 is 9.86. The molecular weight excluding hydrogens is 320 g/mol. The molecule has 0 heterocycles. The maximum atomic E-state index is 11.6. The Morgan fingerprint density at radius 3 is 1.79 bits per heavy atom. The lowest BCUT2D eigenvalue weighted by atomic mass is 10.1. The van der Waals surface area contributed by atoms with E-state index in [4.69, 9.17) is 14.6 Å². The summed E-state index contributed by atoms with van der Waals surface area (Å²) in [4.78, 5) is 45.8. The molecule has 0 aromatic carbocycles. The molecule has 0 radical (unpaired) electrons. The zero-order valence-corrected chi connectivity index (χ0v) is 14.9. The van der Waals surface area contributed by atoms with Gasteiger partial charge in [0.1, 0.15) is 17.2 Å². The standard InChI is InChI=1S/C15H26N2O7/c1-14(2,3)23-12(21)16-9(11(19)20)7-8-10(18)17-13(22)24-15(4,5)6/h9H,7-8H2,1-6H3,(H,16,21)(H,19,20)(H,17,18,22)/t9-/m0/s1. The van der Waals surface area contributed by atoms with Gasteiger partial charge >= 0.3 is 18.2 Å². The van der Waals surface area contributed by atoms with E-state index >= 15 is 0 Å². The van der Waals surface area contributed by atoms with Crippen molar-refractivity contribution in [3.05, 3.63) is 0 Å². The van der Waals surface area contributed by atoms with E-state index in [-0.39, 0.29) is 12.8 Å². The van der Waals surface area contributed by atoms with Crippen LogP contribution in [0.1, 0.15) is 54.4 Å². The fraction of sp³-hybridized carbons (Fsp3) is 0.733. The van der Waals surface area contributed by atoms with Gasteiger partial charge in [0.05, 0.1) is 0 Å². The number of alkyl carbamates (subject to hydrolysis) is 2. The Bertz CT molecular complexity index is 489. The number of carboxylic acid groups (broad SMARTS) is 1. The number of ether oxygens (including phenoxy) is 2. The van der Waals surface area contributed by atoms with Gasteiger partial charge in [-0.15, -0.1) is 0 Å². The number of nitrogens with one attached hydrogen (secondary N) is 2. The number of rotatable bonds is 5. The molecule has 0 unspecified atom stereocenters. The lowest BCUT2D eigenvalue weighted by Gasteiger charge is -2.22. The summed E-state index contributed by atoms with van der Waals surface area (Å²) in [5.41, 5.74) is -1.53. The largest absolute Gasteiger partial charge is 0.480 e. The van der Waals surface area contributed by atoms with E-state index < -0.39 is 41.3 Å². The molecular formula is C15H26N2O7. The molecule has 0 saturated carbocycles. The van der Waals surface area contributed by atoms with Crippen LogP contribution in [0.3, 0.4) is 0 Å². The average molecular weight is 346 g/mol. The van der Waals surface area contributed by atoms with Gasteiger partial charge in [-0.3, -0.25) is 10.1 Å². The molecule has 0 aromatic heterocycles. The first kappa shape index (κ1) is 21.7. The minimum absolute atomic E-state index is 0.205. The van der Waals surface area contributed by atoms with E-state index in [0.717, 1.165) is 0 Å². The Kier molecular flexibility index (Phi) is 7.69. The first-order chi connectivity index (χ1) is 10.7. The maximum absolute atomic E-state index is 11.6. The minimum atomic E-state index is -1.32. The summed E-state index contributed by atoms with van der Waals surface area (Å²) in [6.07, 6.45) is -2.31. The number of hydrogen-bond acceptors (Lipinski definition) is 6. The summed E-state index contributed by atoms with van der Waals surface area (Å²) in [6, 6.07) is -1.32. The van der Waals surface area contributed by atoms with Gasteiger partial charge < -0.3 is 19.9 Å².